The molecule has 0 bridgehead atoms. The van der Waals surface area contributed by atoms with E-state index < -0.39 is 0 Å². The summed E-state index contributed by atoms with van der Waals surface area (Å²) in [5, 5.41) is 3.56. The molecule has 1 aromatic rings. The summed E-state index contributed by atoms with van der Waals surface area (Å²) in [6.45, 7) is 11.1. The van der Waals surface area contributed by atoms with Crippen LogP contribution in [0.4, 0.5) is 5.69 Å². The maximum absolute atomic E-state index is 3.56. The first-order valence-corrected chi connectivity index (χ1v) is 7.67. The number of benzene rings is 1. The third kappa shape index (κ3) is 3.73. The van der Waals surface area contributed by atoms with Crippen molar-refractivity contribution in [1.29, 1.82) is 0 Å². The van der Waals surface area contributed by atoms with E-state index in [1.165, 1.54) is 42.6 Å². The first kappa shape index (κ1) is 14.4. The Bertz CT molecular complexity index is 412. The lowest BCUT2D eigenvalue weighted by Gasteiger charge is -2.37. The summed E-state index contributed by atoms with van der Waals surface area (Å²) in [4.78, 5) is 2.60. The van der Waals surface area contributed by atoms with Gasteiger partial charge in [-0.2, -0.15) is 0 Å². The number of aryl methyl sites for hydroxylation is 1. The van der Waals surface area contributed by atoms with Gasteiger partial charge in [-0.3, -0.25) is 0 Å². The van der Waals surface area contributed by atoms with Crippen molar-refractivity contribution in [2.75, 3.05) is 11.4 Å². The lowest BCUT2D eigenvalue weighted by Crippen LogP contribution is -2.38. The molecule has 1 aliphatic heterocycles. The van der Waals surface area contributed by atoms with Crippen molar-refractivity contribution in [2.45, 2.75) is 65.6 Å². The largest absolute Gasteiger partial charge is 0.369 e. The summed E-state index contributed by atoms with van der Waals surface area (Å²) in [5.74, 6) is 0. The van der Waals surface area contributed by atoms with Gasteiger partial charge in [0, 0.05) is 30.9 Å². The molecule has 1 atom stereocenters. The molecule has 1 heterocycles. The molecule has 0 spiro atoms. The van der Waals surface area contributed by atoms with E-state index in [1.807, 2.05) is 0 Å². The highest BCUT2D eigenvalue weighted by Gasteiger charge is 2.20. The van der Waals surface area contributed by atoms with Gasteiger partial charge in [-0.05, 0) is 44.7 Å². The topological polar surface area (TPSA) is 15.3 Å². The number of rotatable bonds is 4. The Balaban J connectivity index is 2.22. The molecular weight excluding hydrogens is 232 g/mol. The predicted molar refractivity (Wildman–Crippen MR) is 83.8 cm³/mol. The number of hydrogen-bond acceptors (Lipinski definition) is 2. The van der Waals surface area contributed by atoms with Crippen LogP contribution in [-0.2, 0) is 6.54 Å². The predicted octanol–water partition coefficient (Wildman–Crippen LogP) is 3.87. The zero-order valence-electron chi connectivity index (χ0n) is 12.9. The first-order chi connectivity index (χ1) is 9.08. The standard InChI is InChI=1S/C17H28N2/c1-13(2)18-12-16-11-14(3)8-9-17(16)19-10-6-5-7-15(19)4/h8-9,11,13,15,18H,5-7,10,12H2,1-4H3. The van der Waals surface area contributed by atoms with Crippen molar-refractivity contribution in [2.24, 2.45) is 0 Å². The number of nitrogens with one attached hydrogen (secondary N) is 1. The molecule has 0 aromatic heterocycles. The van der Waals surface area contributed by atoms with E-state index in [2.05, 4.69) is 56.1 Å². The molecule has 0 aliphatic carbocycles. The summed E-state index contributed by atoms with van der Waals surface area (Å²) < 4.78 is 0. The second-order valence-electron chi connectivity index (χ2n) is 6.21. The van der Waals surface area contributed by atoms with Crippen LogP contribution in [-0.4, -0.2) is 18.6 Å². The van der Waals surface area contributed by atoms with Gasteiger partial charge < -0.3 is 10.2 Å². The maximum Gasteiger partial charge on any atom is 0.0414 e. The Kier molecular flexibility index (Phi) is 4.87. The maximum atomic E-state index is 3.56. The van der Waals surface area contributed by atoms with Crippen LogP contribution in [0.25, 0.3) is 0 Å². The van der Waals surface area contributed by atoms with Crippen LogP contribution in [0.15, 0.2) is 18.2 Å². The Hall–Kier alpha value is -1.02. The normalized spacial score (nSPS) is 20.1. The molecule has 19 heavy (non-hydrogen) atoms. The van der Waals surface area contributed by atoms with E-state index in [9.17, 15) is 0 Å². The summed E-state index contributed by atoms with van der Waals surface area (Å²) >= 11 is 0. The smallest absolute Gasteiger partial charge is 0.0414 e. The van der Waals surface area contributed by atoms with E-state index >= 15 is 0 Å². The fourth-order valence-electron chi connectivity index (χ4n) is 2.91. The first-order valence-electron chi connectivity index (χ1n) is 7.67. The Labute approximate surface area is 118 Å². The molecule has 1 fully saturated rings. The summed E-state index contributed by atoms with van der Waals surface area (Å²) in [7, 11) is 0. The van der Waals surface area contributed by atoms with Crippen LogP contribution >= 0.6 is 0 Å². The molecule has 1 aliphatic rings. The molecule has 0 amide bonds. The summed E-state index contributed by atoms with van der Waals surface area (Å²) in [6.07, 6.45) is 4.03. The Morgan fingerprint density at radius 1 is 1.32 bits per heavy atom. The summed E-state index contributed by atoms with van der Waals surface area (Å²) in [6, 6.07) is 8.11. The van der Waals surface area contributed by atoms with Crippen LogP contribution in [0.2, 0.25) is 0 Å². The van der Waals surface area contributed by atoms with Gasteiger partial charge in [0.2, 0.25) is 0 Å². The molecule has 1 aromatic carbocycles. The lowest BCUT2D eigenvalue weighted by molar-refractivity contribution is 0.482. The van der Waals surface area contributed by atoms with Crippen molar-refractivity contribution in [3.8, 4) is 0 Å². The second kappa shape index (κ2) is 6.42. The molecule has 0 saturated carbocycles. The van der Waals surface area contributed by atoms with Crippen molar-refractivity contribution >= 4 is 5.69 Å². The van der Waals surface area contributed by atoms with Gasteiger partial charge in [-0.15, -0.1) is 0 Å². The summed E-state index contributed by atoms with van der Waals surface area (Å²) in [5.41, 5.74) is 4.24. The molecule has 106 valence electrons. The van der Waals surface area contributed by atoms with Crippen LogP contribution < -0.4 is 10.2 Å². The average Bonchev–Trinajstić information content (AvgIpc) is 2.37. The van der Waals surface area contributed by atoms with Crippen LogP contribution in [0.5, 0.6) is 0 Å². The highest BCUT2D eigenvalue weighted by molar-refractivity contribution is 5.56. The SMILES string of the molecule is Cc1ccc(N2CCCCC2C)c(CNC(C)C)c1. The van der Waals surface area contributed by atoms with Gasteiger partial charge in [0.05, 0.1) is 0 Å². The van der Waals surface area contributed by atoms with Gasteiger partial charge in [0.15, 0.2) is 0 Å². The van der Waals surface area contributed by atoms with E-state index in [0.29, 0.717) is 12.1 Å². The quantitative estimate of drug-likeness (QED) is 0.884. The van der Waals surface area contributed by atoms with Gasteiger partial charge >= 0.3 is 0 Å². The lowest BCUT2D eigenvalue weighted by atomic mass is 10.00. The minimum atomic E-state index is 0.534. The van der Waals surface area contributed by atoms with Crippen LogP contribution in [0, 0.1) is 6.92 Å². The highest BCUT2D eigenvalue weighted by atomic mass is 15.2. The van der Waals surface area contributed by atoms with Gasteiger partial charge in [0.25, 0.3) is 0 Å². The van der Waals surface area contributed by atoms with Crippen molar-refractivity contribution in [1.82, 2.24) is 5.32 Å². The number of hydrogen-bond donors (Lipinski definition) is 1. The molecule has 1 unspecified atom stereocenters. The molecule has 2 nitrogen and oxygen atoms in total. The Morgan fingerprint density at radius 3 is 2.79 bits per heavy atom. The van der Waals surface area contributed by atoms with Gasteiger partial charge in [-0.25, -0.2) is 0 Å². The molecule has 2 heteroatoms. The van der Waals surface area contributed by atoms with Crippen molar-refractivity contribution < 1.29 is 0 Å². The number of anilines is 1. The second-order valence-corrected chi connectivity index (χ2v) is 6.21. The molecule has 0 radical (unpaired) electrons. The monoisotopic (exact) mass is 260 g/mol. The zero-order chi connectivity index (χ0) is 13.8. The average molecular weight is 260 g/mol. The Morgan fingerprint density at radius 2 is 2.11 bits per heavy atom. The molecule has 1 N–H and O–H groups in total. The minimum Gasteiger partial charge on any atom is -0.369 e. The fraction of sp³-hybridized carbons (Fsp3) is 0.647. The minimum absolute atomic E-state index is 0.534. The molecule has 2 rings (SSSR count). The fourth-order valence-corrected chi connectivity index (χ4v) is 2.91. The van der Waals surface area contributed by atoms with E-state index in [4.69, 9.17) is 0 Å². The molecular formula is C17H28N2. The van der Waals surface area contributed by atoms with Gasteiger partial charge in [0.1, 0.15) is 0 Å². The van der Waals surface area contributed by atoms with Crippen LogP contribution in [0.1, 0.15) is 51.2 Å². The highest BCUT2D eigenvalue weighted by Crippen LogP contribution is 2.28. The third-order valence-electron chi connectivity index (χ3n) is 4.05. The van der Waals surface area contributed by atoms with Crippen LogP contribution in [0.3, 0.4) is 0 Å². The van der Waals surface area contributed by atoms with E-state index in [1.54, 1.807) is 0 Å². The van der Waals surface area contributed by atoms with Crippen molar-refractivity contribution in [3.63, 3.8) is 0 Å². The number of piperidine rings is 1. The number of nitrogens with zero attached hydrogens (tertiary/aromatic N) is 1. The third-order valence-corrected chi connectivity index (χ3v) is 4.05. The zero-order valence-corrected chi connectivity index (χ0v) is 12.9. The van der Waals surface area contributed by atoms with E-state index in [0.717, 1.165) is 6.54 Å². The molecule has 1 saturated heterocycles. The van der Waals surface area contributed by atoms with Gasteiger partial charge in [-0.1, -0.05) is 31.5 Å². The van der Waals surface area contributed by atoms with E-state index in [-0.39, 0.29) is 0 Å². The van der Waals surface area contributed by atoms with Crippen molar-refractivity contribution in [3.05, 3.63) is 29.3 Å².